The standard InChI is InChI=1S/C19H18IN3O4/c1-22-16-8-5-12(20)10-14(16)17(24)23(19(22)26)13-6-3-11(4-7-13)9-15(21)18(25)27-2/h3-8,10,15H,9,21H2,1-2H3/t15-/m0/s1. The molecule has 0 amide bonds. The van der Waals surface area contributed by atoms with Crippen molar-refractivity contribution in [3.63, 3.8) is 0 Å². The fourth-order valence-electron chi connectivity index (χ4n) is 2.93. The van der Waals surface area contributed by atoms with Crippen LogP contribution < -0.4 is 17.0 Å². The van der Waals surface area contributed by atoms with Gasteiger partial charge in [0.2, 0.25) is 0 Å². The van der Waals surface area contributed by atoms with Crippen molar-refractivity contribution >= 4 is 39.5 Å². The molecular formula is C19H18IN3O4. The maximum Gasteiger partial charge on any atom is 0.335 e. The first-order valence-corrected chi connectivity index (χ1v) is 9.25. The van der Waals surface area contributed by atoms with E-state index in [1.54, 1.807) is 43.4 Å². The number of aromatic nitrogens is 2. The van der Waals surface area contributed by atoms with Crippen molar-refractivity contribution in [1.82, 2.24) is 9.13 Å². The molecule has 0 bridgehead atoms. The normalized spacial score (nSPS) is 12.1. The van der Waals surface area contributed by atoms with Crippen LogP contribution in [0.3, 0.4) is 0 Å². The van der Waals surface area contributed by atoms with Crippen molar-refractivity contribution in [2.75, 3.05) is 7.11 Å². The number of benzene rings is 2. The molecule has 0 aliphatic rings. The van der Waals surface area contributed by atoms with Gasteiger partial charge >= 0.3 is 11.7 Å². The number of carbonyl (C=O) groups is 1. The van der Waals surface area contributed by atoms with E-state index in [-0.39, 0.29) is 5.56 Å². The Morgan fingerprint density at radius 2 is 1.85 bits per heavy atom. The number of nitrogens with zero attached hydrogens (tertiary/aromatic N) is 2. The summed E-state index contributed by atoms with van der Waals surface area (Å²) in [4.78, 5) is 37.1. The van der Waals surface area contributed by atoms with Crippen LogP contribution in [0.2, 0.25) is 0 Å². The topological polar surface area (TPSA) is 96.3 Å². The molecule has 0 aliphatic carbocycles. The van der Waals surface area contributed by atoms with Crippen LogP contribution in [0.15, 0.2) is 52.1 Å². The molecule has 3 aromatic rings. The summed E-state index contributed by atoms with van der Waals surface area (Å²) in [7, 11) is 2.92. The Labute approximate surface area is 168 Å². The molecule has 8 heteroatoms. The molecule has 27 heavy (non-hydrogen) atoms. The molecule has 140 valence electrons. The summed E-state index contributed by atoms with van der Waals surface area (Å²) in [6.07, 6.45) is 0.301. The van der Waals surface area contributed by atoms with Crippen LogP contribution in [-0.2, 0) is 23.0 Å². The van der Waals surface area contributed by atoms with Gasteiger partial charge in [-0.3, -0.25) is 14.2 Å². The number of hydrogen-bond donors (Lipinski definition) is 1. The second kappa shape index (κ2) is 7.65. The van der Waals surface area contributed by atoms with Gasteiger partial charge in [0, 0.05) is 10.6 Å². The quantitative estimate of drug-likeness (QED) is 0.450. The lowest BCUT2D eigenvalue weighted by atomic mass is 10.1. The fraction of sp³-hybridized carbons (Fsp3) is 0.211. The van der Waals surface area contributed by atoms with Crippen molar-refractivity contribution in [2.24, 2.45) is 12.8 Å². The summed E-state index contributed by atoms with van der Waals surface area (Å²) < 4.78 is 8.12. The largest absolute Gasteiger partial charge is 0.468 e. The van der Waals surface area contributed by atoms with Gasteiger partial charge in [0.15, 0.2) is 0 Å². The summed E-state index contributed by atoms with van der Waals surface area (Å²) >= 11 is 2.13. The second-order valence-electron chi connectivity index (χ2n) is 6.14. The second-order valence-corrected chi connectivity index (χ2v) is 7.39. The van der Waals surface area contributed by atoms with Crippen LogP contribution in [0.4, 0.5) is 0 Å². The van der Waals surface area contributed by atoms with Crippen molar-refractivity contribution in [2.45, 2.75) is 12.5 Å². The highest BCUT2D eigenvalue weighted by atomic mass is 127. The first-order valence-electron chi connectivity index (χ1n) is 8.17. The van der Waals surface area contributed by atoms with E-state index < -0.39 is 17.7 Å². The molecular weight excluding hydrogens is 461 g/mol. The van der Waals surface area contributed by atoms with Gasteiger partial charge in [-0.2, -0.15) is 0 Å². The number of rotatable bonds is 4. The van der Waals surface area contributed by atoms with Crippen LogP contribution in [0.5, 0.6) is 0 Å². The number of methoxy groups -OCH3 is 1. The average Bonchev–Trinajstić information content (AvgIpc) is 2.67. The first kappa shape index (κ1) is 19.3. The summed E-state index contributed by atoms with van der Waals surface area (Å²) in [5.74, 6) is -0.492. The molecule has 2 aromatic carbocycles. The maximum absolute atomic E-state index is 12.9. The molecule has 0 spiro atoms. The molecule has 7 nitrogen and oxygen atoms in total. The SMILES string of the molecule is COC(=O)[C@@H](N)Cc1ccc(-n2c(=O)c3cc(I)ccc3n(C)c2=O)cc1. The highest BCUT2D eigenvalue weighted by molar-refractivity contribution is 14.1. The van der Waals surface area contributed by atoms with Crippen LogP contribution in [0, 0.1) is 3.57 Å². The third-order valence-electron chi connectivity index (χ3n) is 4.39. The summed E-state index contributed by atoms with van der Waals surface area (Å²) in [6.45, 7) is 0. The van der Waals surface area contributed by atoms with Crippen LogP contribution >= 0.6 is 22.6 Å². The Balaban J connectivity index is 2.07. The minimum absolute atomic E-state index is 0.301. The predicted octanol–water partition coefficient (Wildman–Crippen LogP) is 1.34. The monoisotopic (exact) mass is 479 g/mol. The third-order valence-corrected chi connectivity index (χ3v) is 5.06. The van der Waals surface area contributed by atoms with Gasteiger partial charge in [0.05, 0.1) is 23.7 Å². The van der Waals surface area contributed by atoms with Crippen LogP contribution in [-0.4, -0.2) is 28.3 Å². The van der Waals surface area contributed by atoms with Crippen molar-refractivity contribution in [1.29, 1.82) is 0 Å². The van der Waals surface area contributed by atoms with E-state index in [0.717, 1.165) is 13.7 Å². The predicted molar refractivity (Wildman–Crippen MR) is 111 cm³/mol. The molecule has 1 atom stereocenters. The lowest BCUT2D eigenvalue weighted by Gasteiger charge is -2.12. The number of nitrogens with two attached hydrogens (primary N) is 1. The lowest BCUT2D eigenvalue weighted by molar-refractivity contribution is -0.142. The number of carbonyl (C=O) groups excluding carboxylic acids is 1. The molecule has 0 aliphatic heterocycles. The molecule has 0 saturated carbocycles. The number of halogens is 1. The van der Waals surface area contributed by atoms with E-state index in [1.807, 2.05) is 6.07 Å². The van der Waals surface area contributed by atoms with Gasteiger partial charge in [-0.05, 0) is 64.9 Å². The minimum atomic E-state index is -0.765. The van der Waals surface area contributed by atoms with Gasteiger partial charge in [-0.15, -0.1) is 0 Å². The van der Waals surface area contributed by atoms with Crippen LogP contribution in [0.1, 0.15) is 5.56 Å². The average molecular weight is 479 g/mol. The Morgan fingerprint density at radius 3 is 2.48 bits per heavy atom. The summed E-state index contributed by atoms with van der Waals surface area (Å²) in [5, 5.41) is 0.473. The Bertz CT molecular complexity index is 1130. The van der Waals surface area contributed by atoms with Crippen molar-refractivity contribution < 1.29 is 9.53 Å². The Morgan fingerprint density at radius 1 is 1.19 bits per heavy atom. The lowest BCUT2D eigenvalue weighted by Crippen LogP contribution is -2.38. The fourth-order valence-corrected chi connectivity index (χ4v) is 3.42. The zero-order chi connectivity index (χ0) is 19.7. The third kappa shape index (κ3) is 3.67. The smallest absolute Gasteiger partial charge is 0.335 e. The van der Waals surface area contributed by atoms with Gasteiger partial charge in [-0.1, -0.05) is 12.1 Å². The number of aryl methyl sites for hydroxylation is 1. The zero-order valence-corrected chi connectivity index (χ0v) is 17.0. The van der Waals surface area contributed by atoms with E-state index in [1.165, 1.54) is 11.7 Å². The molecule has 0 fully saturated rings. The number of esters is 1. The minimum Gasteiger partial charge on any atom is -0.468 e. The van der Waals surface area contributed by atoms with E-state index >= 15 is 0 Å². The van der Waals surface area contributed by atoms with Gasteiger partial charge in [0.1, 0.15) is 6.04 Å². The number of ether oxygens (including phenoxy) is 1. The number of hydrogen-bond acceptors (Lipinski definition) is 5. The highest BCUT2D eigenvalue weighted by Crippen LogP contribution is 2.14. The van der Waals surface area contributed by atoms with Gasteiger partial charge in [0.25, 0.3) is 5.56 Å². The Kier molecular flexibility index (Phi) is 5.47. The molecule has 0 unspecified atom stereocenters. The molecule has 2 N–H and O–H groups in total. The van der Waals surface area contributed by atoms with Crippen molar-refractivity contribution in [3.05, 3.63) is 72.4 Å². The zero-order valence-electron chi connectivity index (χ0n) is 14.8. The Hall–Kier alpha value is -2.46. The van der Waals surface area contributed by atoms with E-state index in [4.69, 9.17) is 5.73 Å². The molecule has 3 rings (SSSR count). The van der Waals surface area contributed by atoms with E-state index in [0.29, 0.717) is 23.0 Å². The van der Waals surface area contributed by atoms with E-state index in [2.05, 4.69) is 27.3 Å². The van der Waals surface area contributed by atoms with Crippen LogP contribution in [0.25, 0.3) is 16.6 Å². The van der Waals surface area contributed by atoms with E-state index in [9.17, 15) is 14.4 Å². The molecule has 1 aromatic heterocycles. The first-order chi connectivity index (χ1) is 12.8. The number of fused-ring (bicyclic) bond motifs is 1. The van der Waals surface area contributed by atoms with Gasteiger partial charge < -0.3 is 10.5 Å². The maximum atomic E-state index is 12.9. The molecule has 0 radical (unpaired) electrons. The van der Waals surface area contributed by atoms with Gasteiger partial charge in [-0.25, -0.2) is 9.36 Å². The van der Waals surface area contributed by atoms with Crippen molar-refractivity contribution in [3.8, 4) is 5.69 Å². The summed E-state index contributed by atoms with van der Waals surface area (Å²) in [6, 6.07) is 11.4. The molecule has 0 saturated heterocycles. The highest BCUT2D eigenvalue weighted by Gasteiger charge is 2.16. The molecule has 1 heterocycles. The summed E-state index contributed by atoms with van der Waals surface area (Å²) in [5.41, 5.74) is 6.82.